The molecule has 0 saturated carbocycles. The number of carbonyl (C=O) groups is 1. The highest BCUT2D eigenvalue weighted by molar-refractivity contribution is 6.00. The maximum Gasteiger partial charge on any atom is 0.339 e. The van der Waals surface area contributed by atoms with Crippen LogP contribution < -0.4 is 4.90 Å². The van der Waals surface area contributed by atoms with Crippen molar-refractivity contribution >= 4 is 22.7 Å². The van der Waals surface area contributed by atoms with Gasteiger partial charge in [0.05, 0.1) is 12.7 Å². The van der Waals surface area contributed by atoms with Crippen molar-refractivity contribution in [1.29, 1.82) is 0 Å². The molecule has 0 bridgehead atoms. The third kappa shape index (κ3) is 4.69. The zero-order chi connectivity index (χ0) is 24.6. The first-order valence-corrected chi connectivity index (χ1v) is 12.2. The molecule has 0 amide bonds. The fourth-order valence-corrected chi connectivity index (χ4v) is 4.93. The standard InChI is InChI=1S/C28H37N3O3/c1-17-18(2)29-26-22(17)24(20-11-13-21(14-12-20)31-15-9-8-10-16-31)23(19(3)30-26)25(27(32)33-7)34-28(4,5)6/h11-14,25H,8-10,15-16H2,1-7H3,(H,29,30)/t25-/m0/s1. The van der Waals surface area contributed by atoms with Crippen LogP contribution in [0.1, 0.15) is 68.7 Å². The average Bonchev–Trinajstić information content (AvgIpc) is 3.09. The number of piperidine rings is 1. The van der Waals surface area contributed by atoms with Gasteiger partial charge in [-0.2, -0.15) is 0 Å². The lowest BCUT2D eigenvalue weighted by Crippen LogP contribution is -2.29. The van der Waals surface area contributed by atoms with Gasteiger partial charge in [0.2, 0.25) is 0 Å². The van der Waals surface area contributed by atoms with Gasteiger partial charge in [0.15, 0.2) is 6.10 Å². The number of fused-ring (bicyclic) bond motifs is 1. The number of pyridine rings is 1. The van der Waals surface area contributed by atoms with Crippen LogP contribution in [0.15, 0.2) is 24.3 Å². The Bertz CT molecular complexity index is 1180. The van der Waals surface area contributed by atoms with Crippen molar-refractivity contribution in [2.24, 2.45) is 0 Å². The van der Waals surface area contributed by atoms with E-state index in [1.807, 2.05) is 27.7 Å². The molecule has 1 N–H and O–H groups in total. The van der Waals surface area contributed by atoms with Gasteiger partial charge in [-0.25, -0.2) is 9.78 Å². The van der Waals surface area contributed by atoms with Crippen LogP contribution in [-0.4, -0.2) is 41.7 Å². The number of hydrogen-bond donors (Lipinski definition) is 1. The molecule has 6 heteroatoms. The van der Waals surface area contributed by atoms with E-state index in [4.69, 9.17) is 14.5 Å². The number of rotatable bonds is 5. The van der Waals surface area contributed by atoms with Gasteiger partial charge in [-0.05, 0) is 84.1 Å². The Morgan fingerprint density at radius 1 is 1.06 bits per heavy atom. The molecule has 0 spiro atoms. The summed E-state index contributed by atoms with van der Waals surface area (Å²) < 4.78 is 11.5. The van der Waals surface area contributed by atoms with E-state index in [0.717, 1.165) is 57.8 Å². The summed E-state index contributed by atoms with van der Waals surface area (Å²) in [5.41, 5.74) is 7.25. The molecule has 1 fully saturated rings. The Hall–Kier alpha value is -2.86. The zero-order valence-electron chi connectivity index (χ0n) is 21.5. The van der Waals surface area contributed by atoms with Crippen LogP contribution in [0, 0.1) is 20.8 Å². The third-order valence-corrected chi connectivity index (χ3v) is 6.69. The number of H-pyrrole nitrogens is 1. The number of aromatic nitrogens is 2. The number of carbonyl (C=O) groups excluding carboxylic acids is 1. The summed E-state index contributed by atoms with van der Waals surface area (Å²) in [6, 6.07) is 8.71. The van der Waals surface area contributed by atoms with E-state index in [-0.39, 0.29) is 0 Å². The molecule has 1 aliphatic heterocycles. The minimum Gasteiger partial charge on any atom is -0.467 e. The molecule has 182 valence electrons. The van der Waals surface area contributed by atoms with Crippen molar-refractivity contribution in [1.82, 2.24) is 9.97 Å². The van der Waals surface area contributed by atoms with E-state index in [0.29, 0.717) is 0 Å². The monoisotopic (exact) mass is 463 g/mol. The molecular weight excluding hydrogens is 426 g/mol. The van der Waals surface area contributed by atoms with Crippen molar-refractivity contribution in [2.45, 2.75) is 72.5 Å². The van der Waals surface area contributed by atoms with Crippen LogP contribution in [0.3, 0.4) is 0 Å². The fourth-order valence-electron chi connectivity index (χ4n) is 4.93. The number of benzene rings is 1. The lowest BCUT2D eigenvalue weighted by atomic mass is 9.90. The lowest BCUT2D eigenvalue weighted by Gasteiger charge is -2.30. The van der Waals surface area contributed by atoms with Crippen molar-refractivity contribution in [3.05, 3.63) is 46.8 Å². The Balaban J connectivity index is 1.94. The molecule has 3 heterocycles. The van der Waals surface area contributed by atoms with Crippen LogP contribution in [0.2, 0.25) is 0 Å². The predicted molar refractivity (Wildman–Crippen MR) is 137 cm³/mol. The number of hydrogen-bond acceptors (Lipinski definition) is 5. The molecule has 2 aromatic heterocycles. The molecule has 0 aliphatic carbocycles. The van der Waals surface area contributed by atoms with Crippen LogP contribution >= 0.6 is 0 Å². The number of methoxy groups -OCH3 is 1. The number of esters is 1. The summed E-state index contributed by atoms with van der Waals surface area (Å²) in [5.74, 6) is -0.421. The van der Waals surface area contributed by atoms with E-state index in [9.17, 15) is 4.79 Å². The summed E-state index contributed by atoms with van der Waals surface area (Å²) in [6.07, 6.45) is 2.90. The van der Waals surface area contributed by atoms with Crippen molar-refractivity contribution < 1.29 is 14.3 Å². The molecule has 1 aromatic carbocycles. The molecular formula is C28H37N3O3. The number of nitrogens with zero attached hydrogens (tertiary/aromatic N) is 2. The number of nitrogens with one attached hydrogen (secondary N) is 1. The largest absolute Gasteiger partial charge is 0.467 e. The van der Waals surface area contributed by atoms with Crippen LogP contribution in [-0.2, 0) is 14.3 Å². The Labute approximate surface area is 202 Å². The molecule has 0 radical (unpaired) electrons. The summed E-state index contributed by atoms with van der Waals surface area (Å²) >= 11 is 0. The second kappa shape index (κ2) is 9.41. The van der Waals surface area contributed by atoms with E-state index in [1.54, 1.807) is 0 Å². The summed E-state index contributed by atoms with van der Waals surface area (Å²) in [5, 5.41) is 1.02. The van der Waals surface area contributed by atoms with Crippen molar-refractivity contribution in [3.8, 4) is 11.1 Å². The Morgan fingerprint density at radius 2 is 1.71 bits per heavy atom. The van der Waals surface area contributed by atoms with Gasteiger partial charge in [-0.1, -0.05) is 12.1 Å². The van der Waals surface area contributed by atoms with Gasteiger partial charge < -0.3 is 19.4 Å². The van der Waals surface area contributed by atoms with E-state index < -0.39 is 17.7 Å². The van der Waals surface area contributed by atoms with Crippen molar-refractivity contribution in [3.63, 3.8) is 0 Å². The smallest absolute Gasteiger partial charge is 0.339 e. The number of anilines is 1. The van der Waals surface area contributed by atoms with Gasteiger partial charge >= 0.3 is 5.97 Å². The van der Waals surface area contributed by atoms with E-state index in [2.05, 4.69) is 48.0 Å². The second-order valence-electron chi connectivity index (χ2n) is 10.3. The SMILES string of the molecule is COC(=O)[C@@H](OC(C)(C)C)c1c(C)nc2[nH]c(C)c(C)c2c1-c1ccc(N2CCCCC2)cc1. The molecule has 1 aliphatic rings. The highest BCUT2D eigenvalue weighted by atomic mass is 16.6. The first kappa shape index (κ1) is 24.3. The normalized spacial score (nSPS) is 15.6. The minimum atomic E-state index is -0.881. The Kier molecular flexibility index (Phi) is 6.72. The van der Waals surface area contributed by atoms with E-state index >= 15 is 0 Å². The first-order chi connectivity index (χ1) is 16.1. The number of aryl methyl sites for hydroxylation is 3. The molecule has 4 rings (SSSR count). The topological polar surface area (TPSA) is 67.5 Å². The van der Waals surface area contributed by atoms with Gasteiger partial charge in [-0.3, -0.25) is 0 Å². The van der Waals surface area contributed by atoms with Crippen molar-refractivity contribution in [2.75, 3.05) is 25.1 Å². The average molecular weight is 464 g/mol. The first-order valence-electron chi connectivity index (χ1n) is 12.2. The number of ether oxygens (including phenoxy) is 2. The predicted octanol–water partition coefficient (Wildman–Crippen LogP) is 6.17. The zero-order valence-corrected chi connectivity index (χ0v) is 21.5. The van der Waals surface area contributed by atoms with Gasteiger partial charge in [0.25, 0.3) is 0 Å². The highest BCUT2D eigenvalue weighted by Gasteiger charge is 2.34. The molecule has 6 nitrogen and oxygen atoms in total. The van der Waals surface area contributed by atoms with Crippen LogP contribution in [0.4, 0.5) is 5.69 Å². The minimum absolute atomic E-state index is 0.421. The molecule has 34 heavy (non-hydrogen) atoms. The Morgan fingerprint density at radius 3 is 2.29 bits per heavy atom. The van der Waals surface area contributed by atoms with E-state index in [1.165, 1.54) is 32.1 Å². The number of aromatic amines is 1. The summed E-state index contributed by atoms with van der Waals surface area (Å²) in [7, 11) is 1.40. The van der Waals surface area contributed by atoms with Gasteiger partial charge in [0.1, 0.15) is 5.65 Å². The third-order valence-electron chi connectivity index (χ3n) is 6.69. The lowest BCUT2D eigenvalue weighted by molar-refractivity contribution is -0.164. The molecule has 3 aromatic rings. The molecule has 1 saturated heterocycles. The van der Waals surface area contributed by atoms with Crippen LogP contribution in [0.25, 0.3) is 22.2 Å². The molecule has 0 unspecified atom stereocenters. The van der Waals surface area contributed by atoms with Gasteiger partial charge in [-0.15, -0.1) is 0 Å². The molecule has 1 atom stereocenters. The maximum absolute atomic E-state index is 13.0. The second-order valence-corrected chi connectivity index (χ2v) is 10.3. The highest BCUT2D eigenvalue weighted by Crippen LogP contribution is 2.41. The fraction of sp³-hybridized carbons (Fsp3) is 0.500. The summed E-state index contributed by atoms with van der Waals surface area (Å²) in [6.45, 7) is 14.1. The maximum atomic E-state index is 13.0. The summed E-state index contributed by atoms with van der Waals surface area (Å²) in [4.78, 5) is 23.7. The van der Waals surface area contributed by atoms with Crippen LogP contribution in [0.5, 0.6) is 0 Å². The quantitative estimate of drug-likeness (QED) is 0.458. The van der Waals surface area contributed by atoms with Gasteiger partial charge in [0, 0.05) is 46.7 Å².